The van der Waals surface area contributed by atoms with Gasteiger partial charge < -0.3 is 16.2 Å². The lowest BCUT2D eigenvalue weighted by molar-refractivity contribution is 0.0695. The fourth-order valence-corrected chi connectivity index (χ4v) is 2.17. The summed E-state index contributed by atoms with van der Waals surface area (Å²) in [6.07, 6.45) is -0.0744. The Balaban J connectivity index is 2.23. The van der Waals surface area contributed by atoms with E-state index in [-0.39, 0.29) is 12.9 Å². The summed E-state index contributed by atoms with van der Waals surface area (Å²) in [6, 6.07) is 0.366. The molecule has 0 amide bonds. The third-order valence-corrected chi connectivity index (χ3v) is 3.18. The minimum Gasteiger partial charge on any atom is -0.395 e. The van der Waals surface area contributed by atoms with Crippen molar-refractivity contribution in [1.29, 1.82) is 0 Å². The summed E-state index contributed by atoms with van der Waals surface area (Å²) in [5, 5.41) is 15.4. The maximum atomic E-state index is 8.87. The van der Waals surface area contributed by atoms with E-state index < -0.39 is 0 Å². The molecule has 2 unspecified atom stereocenters. The molecule has 1 aliphatic heterocycles. The number of rotatable bonds is 7. The van der Waals surface area contributed by atoms with E-state index in [1.165, 1.54) is 0 Å². The van der Waals surface area contributed by atoms with Crippen LogP contribution in [0.15, 0.2) is 0 Å². The molecule has 1 rings (SSSR count). The number of hydrogen-bond donors (Lipinski definition) is 4. The lowest BCUT2D eigenvalue weighted by atomic mass is 10.3. The predicted octanol–water partition coefficient (Wildman–Crippen LogP) is -1.96. The number of piperazine rings is 1. The highest BCUT2D eigenvalue weighted by atomic mass is 16.3. The molecule has 5 N–H and O–H groups in total. The van der Waals surface area contributed by atoms with E-state index in [0.29, 0.717) is 6.04 Å². The Hall–Kier alpha value is -0.240. The molecule has 102 valence electrons. The van der Waals surface area contributed by atoms with Crippen LogP contribution in [0.25, 0.3) is 0 Å². The molecule has 1 saturated heterocycles. The largest absolute Gasteiger partial charge is 0.395 e. The molecular formula is C11H27N5O. The quantitative estimate of drug-likeness (QED) is 0.390. The van der Waals surface area contributed by atoms with Crippen LogP contribution in [0.3, 0.4) is 0 Å². The Labute approximate surface area is 104 Å². The Morgan fingerprint density at radius 1 is 1.29 bits per heavy atom. The molecule has 1 aliphatic rings. The Morgan fingerprint density at radius 2 is 1.94 bits per heavy atom. The number of β-amino-alcohol motifs (C(OH)–C–C–N with tert-alkyl or cyclic N) is 1. The minimum absolute atomic E-state index is 0.0744. The van der Waals surface area contributed by atoms with Gasteiger partial charge in [-0.25, -0.2) is 0 Å². The summed E-state index contributed by atoms with van der Waals surface area (Å²) < 4.78 is 0. The zero-order valence-corrected chi connectivity index (χ0v) is 11.0. The highest BCUT2D eigenvalue weighted by Gasteiger charge is 2.21. The SMILES string of the molecule is CNCC(C)NC(N)N1CCN(CCO)CC1. The number of hydrogen-bond acceptors (Lipinski definition) is 6. The third-order valence-electron chi connectivity index (χ3n) is 3.18. The molecule has 6 heteroatoms. The van der Waals surface area contributed by atoms with Crippen molar-refractivity contribution in [3.8, 4) is 0 Å². The number of nitrogens with zero attached hydrogens (tertiary/aromatic N) is 2. The predicted molar refractivity (Wildman–Crippen MR) is 69.6 cm³/mol. The molecule has 0 aromatic heterocycles. The van der Waals surface area contributed by atoms with Gasteiger partial charge in [0.2, 0.25) is 0 Å². The second kappa shape index (κ2) is 7.97. The van der Waals surface area contributed by atoms with Crippen molar-refractivity contribution in [3.63, 3.8) is 0 Å². The Morgan fingerprint density at radius 3 is 2.47 bits per heavy atom. The number of aliphatic hydroxyl groups excluding tert-OH is 1. The van der Waals surface area contributed by atoms with Crippen molar-refractivity contribution in [2.45, 2.75) is 19.3 Å². The van der Waals surface area contributed by atoms with Crippen molar-refractivity contribution in [3.05, 3.63) is 0 Å². The maximum absolute atomic E-state index is 8.87. The van der Waals surface area contributed by atoms with Gasteiger partial charge in [-0.1, -0.05) is 0 Å². The van der Waals surface area contributed by atoms with Gasteiger partial charge in [0.25, 0.3) is 0 Å². The van der Waals surface area contributed by atoms with Gasteiger partial charge in [0.1, 0.15) is 6.29 Å². The van der Waals surface area contributed by atoms with Crippen LogP contribution in [-0.2, 0) is 0 Å². The molecule has 0 aromatic rings. The second-order valence-corrected chi connectivity index (χ2v) is 4.67. The summed E-state index contributed by atoms with van der Waals surface area (Å²) in [5.41, 5.74) is 6.12. The monoisotopic (exact) mass is 245 g/mol. The van der Waals surface area contributed by atoms with Gasteiger partial charge in [-0.15, -0.1) is 0 Å². The molecule has 0 spiro atoms. The van der Waals surface area contributed by atoms with Crippen LogP contribution in [0.1, 0.15) is 6.92 Å². The van der Waals surface area contributed by atoms with Gasteiger partial charge in [0.05, 0.1) is 6.61 Å². The normalized spacial score (nSPS) is 22.6. The molecule has 0 saturated carbocycles. The van der Waals surface area contributed by atoms with Gasteiger partial charge in [-0.3, -0.25) is 15.1 Å². The molecule has 17 heavy (non-hydrogen) atoms. The summed E-state index contributed by atoms with van der Waals surface area (Å²) in [4.78, 5) is 4.51. The average Bonchev–Trinajstić information content (AvgIpc) is 2.30. The highest BCUT2D eigenvalue weighted by Crippen LogP contribution is 2.02. The van der Waals surface area contributed by atoms with Gasteiger partial charge in [-0.05, 0) is 14.0 Å². The lowest BCUT2D eigenvalue weighted by Gasteiger charge is -2.38. The van der Waals surface area contributed by atoms with Crippen LogP contribution in [0, 0.1) is 0 Å². The zero-order chi connectivity index (χ0) is 12.7. The molecular weight excluding hydrogens is 218 g/mol. The van der Waals surface area contributed by atoms with Crippen LogP contribution >= 0.6 is 0 Å². The Kier molecular flexibility index (Phi) is 6.94. The van der Waals surface area contributed by atoms with Gasteiger partial charge in [-0.2, -0.15) is 0 Å². The van der Waals surface area contributed by atoms with Crippen molar-refractivity contribution >= 4 is 0 Å². The van der Waals surface area contributed by atoms with Crippen molar-refractivity contribution < 1.29 is 5.11 Å². The fourth-order valence-electron chi connectivity index (χ4n) is 2.17. The van der Waals surface area contributed by atoms with Crippen LogP contribution in [0.4, 0.5) is 0 Å². The van der Waals surface area contributed by atoms with E-state index in [2.05, 4.69) is 27.4 Å². The van der Waals surface area contributed by atoms with Gasteiger partial charge in [0.15, 0.2) is 0 Å². The van der Waals surface area contributed by atoms with Crippen LogP contribution in [-0.4, -0.2) is 80.2 Å². The molecule has 0 bridgehead atoms. The highest BCUT2D eigenvalue weighted by molar-refractivity contribution is 4.76. The summed E-state index contributed by atoms with van der Waals surface area (Å²) >= 11 is 0. The van der Waals surface area contributed by atoms with Crippen LogP contribution < -0.4 is 16.4 Å². The van der Waals surface area contributed by atoms with Crippen LogP contribution in [0.2, 0.25) is 0 Å². The zero-order valence-electron chi connectivity index (χ0n) is 11.0. The van der Waals surface area contributed by atoms with E-state index in [0.717, 1.165) is 39.3 Å². The maximum Gasteiger partial charge on any atom is 0.112 e. The molecule has 0 aliphatic carbocycles. The lowest BCUT2D eigenvalue weighted by Crippen LogP contribution is -2.61. The fraction of sp³-hybridized carbons (Fsp3) is 1.00. The smallest absolute Gasteiger partial charge is 0.112 e. The summed E-state index contributed by atoms with van der Waals surface area (Å²) in [6.45, 7) is 7.93. The molecule has 1 heterocycles. The third kappa shape index (κ3) is 5.29. The number of likely N-dealkylation sites (N-methyl/N-ethyl adjacent to an activating group) is 1. The summed E-state index contributed by atoms with van der Waals surface area (Å²) in [5.74, 6) is 0. The van der Waals surface area contributed by atoms with Gasteiger partial charge >= 0.3 is 0 Å². The first kappa shape index (κ1) is 14.8. The molecule has 6 nitrogen and oxygen atoms in total. The second-order valence-electron chi connectivity index (χ2n) is 4.67. The number of aliphatic hydroxyl groups is 1. The van der Waals surface area contributed by atoms with Crippen molar-refractivity contribution in [2.24, 2.45) is 5.73 Å². The van der Waals surface area contributed by atoms with E-state index in [4.69, 9.17) is 10.8 Å². The van der Waals surface area contributed by atoms with Crippen LogP contribution in [0.5, 0.6) is 0 Å². The first-order valence-corrected chi connectivity index (χ1v) is 6.41. The summed E-state index contributed by atoms with van der Waals surface area (Å²) in [7, 11) is 1.94. The molecule has 1 fully saturated rings. The first-order valence-electron chi connectivity index (χ1n) is 6.41. The van der Waals surface area contributed by atoms with E-state index in [9.17, 15) is 0 Å². The van der Waals surface area contributed by atoms with Crippen molar-refractivity contribution in [1.82, 2.24) is 20.4 Å². The van der Waals surface area contributed by atoms with Crippen molar-refractivity contribution in [2.75, 3.05) is 52.9 Å². The first-order chi connectivity index (χ1) is 8.17. The topological polar surface area (TPSA) is 76.8 Å². The Bertz CT molecular complexity index is 196. The van der Waals surface area contributed by atoms with Gasteiger partial charge in [0, 0.05) is 45.3 Å². The molecule has 0 radical (unpaired) electrons. The number of nitrogens with two attached hydrogens (primary N) is 1. The minimum atomic E-state index is -0.0744. The standard InChI is InChI=1S/C11H27N5O/c1-10(9-13-2)14-11(12)16-5-3-15(4-6-16)7-8-17/h10-11,13-14,17H,3-9,12H2,1-2H3. The number of nitrogens with one attached hydrogen (secondary N) is 2. The average molecular weight is 245 g/mol. The molecule has 2 atom stereocenters. The van der Waals surface area contributed by atoms with E-state index >= 15 is 0 Å². The van der Waals surface area contributed by atoms with E-state index in [1.807, 2.05) is 7.05 Å². The van der Waals surface area contributed by atoms with E-state index in [1.54, 1.807) is 0 Å². The molecule has 0 aromatic carbocycles.